The molecule has 0 aromatic heterocycles. The molecule has 0 aromatic rings. The molecule has 1 aliphatic carbocycles. The molecule has 0 radical (unpaired) electrons. The Hall–Kier alpha value is -0.370. The molecule has 1 nitrogen and oxygen atoms in total. The van der Waals surface area contributed by atoms with E-state index < -0.39 is 5.67 Å². The summed E-state index contributed by atoms with van der Waals surface area (Å²) in [6, 6.07) is 0. The van der Waals surface area contributed by atoms with Crippen LogP contribution in [0.5, 0.6) is 0 Å². The molecule has 1 aliphatic rings. The molecule has 0 spiro atoms. The maximum atomic E-state index is 14.3. The van der Waals surface area contributed by atoms with E-state index in [2.05, 4.69) is 6.08 Å². The lowest BCUT2D eigenvalue weighted by molar-refractivity contribution is 0.146. The Morgan fingerprint density at radius 2 is 2.23 bits per heavy atom. The van der Waals surface area contributed by atoms with Crippen molar-refractivity contribution >= 4 is 0 Å². The van der Waals surface area contributed by atoms with E-state index in [0.717, 1.165) is 24.8 Å². The smallest absolute Gasteiger partial charge is 0.146 e. The zero-order valence-electron chi connectivity index (χ0n) is 8.65. The molecule has 13 heavy (non-hydrogen) atoms. The summed E-state index contributed by atoms with van der Waals surface area (Å²) in [7, 11) is 0. The van der Waals surface area contributed by atoms with Gasteiger partial charge in [-0.1, -0.05) is 19.9 Å². The molecule has 2 N–H and O–H groups in total. The molecule has 0 saturated carbocycles. The predicted molar refractivity (Wildman–Crippen MR) is 54.3 cm³/mol. The van der Waals surface area contributed by atoms with E-state index in [1.54, 1.807) is 0 Å². The van der Waals surface area contributed by atoms with Crippen LogP contribution in [0.1, 0.15) is 39.5 Å². The van der Waals surface area contributed by atoms with Gasteiger partial charge in [0.1, 0.15) is 5.67 Å². The fraction of sp³-hybridized carbons (Fsp3) is 0.818. The van der Waals surface area contributed by atoms with Gasteiger partial charge in [0, 0.05) is 6.54 Å². The van der Waals surface area contributed by atoms with Crippen molar-refractivity contribution in [3.8, 4) is 0 Å². The van der Waals surface area contributed by atoms with E-state index in [1.165, 1.54) is 6.42 Å². The van der Waals surface area contributed by atoms with E-state index in [0.29, 0.717) is 0 Å². The van der Waals surface area contributed by atoms with Gasteiger partial charge in [0.25, 0.3) is 0 Å². The summed E-state index contributed by atoms with van der Waals surface area (Å²) in [6.07, 6.45) is 6.28. The van der Waals surface area contributed by atoms with E-state index in [9.17, 15) is 4.39 Å². The first kappa shape index (κ1) is 10.7. The van der Waals surface area contributed by atoms with Crippen LogP contribution in [0.2, 0.25) is 0 Å². The molecule has 1 unspecified atom stereocenters. The van der Waals surface area contributed by atoms with E-state index in [1.807, 2.05) is 13.8 Å². The summed E-state index contributed by atoms with van der Waals surface area (Å²) >= 11 is 0. The molecule has 0 amide bonds. The Bertz CT molecular complexity index is 198. The van der Waals surface area contributed by atoms with Crippen molar-refractivity contribution in [2.45, 2.75) is 45.2 Å². The maximum absolute atomic E-state index is 14.3. The number of rotatable bonds is 3. The van der Waals surface area contributed by atoms with Crippen LogP contribution in [0.15, 0.2) is 11.6 Å². The van der Waals surface area contributed by atoms with Gasteiger partial charge in [0.05, 0.1) is 0 Å². The van der Waals surface area contributed by atoms with Gasteiger partial charge in [-0.15, -0.1) is 0 Å². The minimum absolute atomic E-state index is 0.0122. The second-order valence-corrected chi connectivity index (χ2v) is 4.20. The van der Waals surface area contributed by atoms with Crippen molar-refractivity contribution in [2.24, 2.45) is 11.7 Å². The minimum atomic E-state index is -1.25. The molecule has 1 atom stereocenters. The summed E-state index contributed by atoms with van der Waals surface area (Å²) in [4.78, 5) is 0. The molecule has 0 aromatic carbocycles. The summed E-state index contributed by atoms with van der Waals surface area (Å²) in [6.45, 7) is 3.93. The highest BCUT2D eigenvalue weighted by atomic mass is 19.1. The normalized spacial score (nSPS) is 22.7. The largest absolute Gasteiger partial charge is 0.327 e. The van der Waals surface area contributed by atoms with Crippen LogP contribution in [-0.4, -0.2) is 12.2 Å². The predicted octanol–water partition coefficient (Wildman–Crippen LogP) is 2.81. The lowest BCUT2D eigenvalue weighted by Gasteiger charge is -2.32. The molecule has 0 saturated heterocycles. The monoisotopic (exact) mass is 185 g/mol. The van der Waals surface area contributed by atoms with Crippen molar-refractivity contribution in [3.63, 3.8) is 0 Å². The zero-order chi connectivity index (χ0) is 9.90. The molecular weight excluding hydrogens is 165 g/mol. The first-order valence-electron chi connectivity index (χ1n) is 5.19. The lowest BCUT2D eigenvalue weighted by atomic mass is 9.80. The molecule has 2 heteroatoms. The number of alkyl halides is 1. The van der Waals surface area contributed by atoms with Crippen molar-refractivity contribution in [3.05, 3.63) is 11.6 Å². The van der Waals surface area contributed by atoms with Crippen LogP contribution in [0.25, 0.3) is 0 Å². The standard InChI is InChI=1S/C11H20FN/c1-9(2)11(12,8-13)10-6-4-3-5-7-10/h6,9H,3-5,7-8,13H2,1-2H3. The van der Waals surface area contributed by atoms with Gasteiger partial charge in [0.15, 0.2) is 0 Å². The van der Waals surface area contributed by atoms with Crippen LogP contribution >= 0.6 is 0 Å². The lowest BCUT2D eigenvalue weighted by Crippen LogP contribution is -2.40. The Balaban J connectivity index is 2.80. The molecule has 0 fully saturated rings. The highest BCUT2D eigenvalue weighted by molar-refractivity contribution is 5.20. The van der Waals surface area contributed by atoms with Crippen LogP contribution in [0, 0.1) is 5.92 Å². The molecule has 0 aliphatic heterocycles. The van der Waals surface area contributed by atoms with Gasteiger partial charge in [-0.3, -0.25) is 0 Å². The van der Waals surface area contributed by atoms with Crippen LogP contribution < -0.4 is 5.73 Å². The number of nitrogens with two attached hydrogens (primary N) is 1. The maximum Gasteiger partial charge on any atom is 0.146 e. The Labute approximate surface area is 80.2 Å². The summed E-state index contributed by atoms with van der Waals surface area (Å²) < 4.78 is 14.3. The zero-order valence-corrected chi connectivity index (χ0v) is 8.65. The quantitative estimate of drug-likeness (QED) is 0.672. The average molecular weight is 185 g/mol. The summed E-state index contributed by atoms with van der Waals surface area (Å²) in [5.74, 6) is -0.0122. The molecule has 0 bridgehead atoms. The van der Waals surface area contributed by atoms with Crippen molar-refractivity contribution < 1.29 is 4.39 Å². The van der Waals surface area contributed by atoms with Gasteiger partial charge in [-0.25, -0.2) is 4.39 Å². The highest BCUT2D eigenvalue weighted by Gasteiger charge is 2.36. The van der Waals surface area contributed by atoms with Gasteiger partial charge >= 0.3 is 0 Å². The third-order valence-electron chi connectivity index (χ3n) is 3.04. The number of allylic oxidation sites excluding steroid dienone is 1. The van der Waals surface area contributed by atoms with Crippen molar-refractivity contribution in [1.29, 1.82) is 0 Å². The van der Waals surface area contributed by atoms with Crippen molar-refractivity contribution in [2.75, 3.05) is 6.54 Å². The summed E-state index contributed by atoms with van der Waals surface area (Å²) in [5, 5.41) is 0. The number of hydrogen-bond donors (Lipinski definition) is 1. The third kappa shape index (κ3) is 2.11. The van der Waals surface area contributed by atoms with Gasteiger partial charge < -0.3 is 5.73 Å². The Morgan fingerprint density at radius 1 is 1.54 bits per heavy atom. The fourth-order valence-corrected chi connectivity index (χ4v) is 1.95. The molecule has 1 rings (SSSR count). The van der Waals surface area contributed by atoms with Gasteiger partial charge in [0.2, 0.25) is 0 Å². The summed E-state index contributed by atoms with van der Waals surface area (Å²) in [5.41, 5.74) is 5.21. The third-order valence-corrected chi connectivity index (χ3v) is 3.04. The fourth-order valence-electron chi connectivity index (χ4n) is 1.95. The first-order chi connectivity index (χ1) is 6.11. The van der Waals surface area contributed by atoms with Crippen LogP contribution in [0.4, 0.5) is 4.39 Å². The SMILES string of the molecule is CC(C)C(F)(CN)C1=CCCCC1. The van der Waals surface area contributed by atoms with E-state index in [4.69, 9.17) is 5.73 Å². The van der Waals surface area contributed by atoms with E-state index >= 15 is 0 Å². The molecular formula is C11H20FN. The van der Waals surface area contributed by atoms with E-state index in [-0.39, 0.29) is 12.5 Å². The van der Waals surface area contributed by atoms with Gasteiger partial charge in [-0.2, -0.15) is 0 Å². The highest BCUT2D eigenvalue weighted by Crippen LogP contribution is 2.35. The number of halogens is 1. The second-order valence-electron chi connectivity index (χ2n) is 4.20. The number of hydrogen-bond acceptors (Lipinski definition) is 1. The van der Waals surface area contributed by atoms with Crippen LogP contribution in [-0.2, 0) is 0 Å². The molecule has 76 valence electrons. The molecule has 0 heterocycles. The van der Waals surface area contributed by atoms with Gasteiger partial charge in [-0.05, 0) is 37.2 Å². The van der Waals surface area contributed by atoms with Crippen molar-refractivity contribution in [1.82, 2.24) is 0 Å². The van der Waals surface area contributed by atoms with Crippen LogP contribution in [0.3, 0.4) is 0 Å². The topological polar surface area (TPSA) is 26.0 Å². The average Bonchev–Trinajstić information content (AvgIpc) is 2.17. The first-order valence-corrected chi connectivity index (χ1v) is 5.19. The minimum Gasteiger partial charge on any atom is -0.327 e. The Kier molecular flexibility index (Phi) is 3.48. The second kappa shape index (κ2) is 4.23. The Morgan fingerprint density at radius 3 is 2.62 bits per heavy atom.